The van der Waals surface area contributed by atoms with Crippen LogP contribution in [-0.4, -0.2) is 41.2 Å². The first-order valence-corrected chi connectivity index (χ1v) is 7.73. The Morgan fingerprint density at radius 1 is 0.812 bits per heavy atom. The standard InChI is InChI=1S/C13H25N2P/c1-5-14(6-2)16(15(7-3)8-4)13-11-9-10-12-13/h9-13H,5-8H2,1-4H3. The van der Waals surface area contributed by atoms with Crippen LogP contribution in [0, 0.1) is 0 Å². The highest BCUT2D eigenvalue weighted by atomic mass is 31.1. The van der Waals surface area contributed by atoms with Crippen molar-refractivity contribution in [1.82, 2.24) is 9.34 Å². The highest BCUT2D eigenvalue weighted by Crippen LogP contribution is 2.50. The molecule has 0 bridgehead atoms. The van der Waals surface area contributed by atoms with Crippen LogP contribution < -0.4 is 0 Å². The fraction of sp³-hybridized carbons (Fsp3) is 0.692. The van der Waals surface area contributed by atoms with E-state index < -0.39 is 0 Å². The summed E-state index contributed by atoms with van der Waals surface area (Å²) in [6.07, 6.45) is 9.07. The number of rotatable bonds is 7. The van der Waals surface area contributed by atoms with E-state index in [1.807, 2.05) is 0 Å². The summed E-state index contributed by atoms with van der Waals surface area (Å²) >= 11 is 0. The van der Waals surface area contributed by atoms with E-state index in [1.54, 1.807) is 0 Å². The van der Waals surface area contributed by atoms with Gasteiger partial charge in [-0.2, -0.15) is 0 Å². The third-order valence-electron chi connectivity index (χ3n) is 3.03. The summed E-state index contributed by atoms with van der Waals surface area (Å²) in [5.41, 5.74) is 0.620. The molecule has 0 unspecified atom stereocenters. The molecule has 0 aromatic carbocycles. The topological polar surface area (TPSA) is 6.48 Å². The van der Waals surface area contributed by atoms with Crippen molar-refractivity contribution < 1.29 is 0 Å². The molecular weight excluding hydrogens is 215 g/mol. The minimum Gasteiger partial charge on any atom is -0.270 e. The molecule has 92 valence electrons. The van der Waals surface area contributed by atoms with Gasteiger partial charge in [-0.1, -0.05) is 52.0 Å². The Morgan fingerprint density at radius 2 is 1.19 bits per heavy atom. The predicted octanol–water partition coefficient (Wildman–Crippen LogP) is 3.48. The van der Waals surface area contributed by atoms with Crippen LogP contribution in [0.1, 0.15) is 27.7 Å². The van der Waals surface area contributed by atoms with Crippen LogP contribution in [0.25, 0.3) is 0 Å². The van der Waals surface area contributed by atoms with Gasteiger partial charge in [0.05, 0.1) is 8.22 Å². The first kappa shape index (κ1) is 13.9. The van der Waals surface area contributed by atoms with E-state index in [2.05, 4.69) is 61.3 Å². The first-order valence-electron chi connectivity index (χ1n) is 6.42. The Bertz CT molecular complexity index is 218. The molecule has 1 rings (SSSR count). The van der Waals surface area contributed by atoms with Gasteiger partial charge in [0.15, 0.2) is 0 Å². The quantitative estimate of drug-likeness (QED) is 0.629. The maximum Gasteiger partial charge on any atom is 0.0507 e. The monoisotopic (exact) mass is 240 g/mol. The van der Waals surface area contributed by atoms with Gasteiger partial charge in [0.1, 0.15) is 0 Å². The highest BCUT2D eigenvalue weighted by Gasteiger charge is 2.27. The number of nitrogens with zero attached hydrogens (tertiary/aromatic N) is 2. The van der Waals surface area contributed by atoms with E-state index in [0.29, 0.717) is 5.66 Å². The Morgan fingerprint density at radius 3 is 1.50 bits per heavy atom. The summed E-state index contributed by atoms with van der Waals surface area (Å²) in [6.45, 7) is 13.7. The van der Waals surface area contributed by atoms with Crippen molar-refractivity contribution in [3.63, 3.8) is 0 Å². The lowest BCUT2D eigenvalue weighted by Crippen LogP contribution is -2.32. The van der Waals surface area contributed by atoms with Gasteiger partial charge >= 0.3 is 0 Å². The van der Waals surface area contributed by atoms with E-state index >= 15 is 0 Å². The van der Waals surface area contributed by atoms with E-state index in [0.717, 1.165) is 26.2 Å². The molecule has 0 saturated heterocycles. The fourth-order valence-electron chi connectivity index (χ4n) is 2.16. The predicted molar refractivity (Wildman–Crippen MR) is 74.8 cm³/mol. The summed E-state index contributed by atoms with van der Waals surface area (Å²) in [5, 5.41) is 0. The van der Waals surface area contributed by atoms with Crippen molar-refractivity contribution in [2.24, 2.45) is 0 Å². The first-order chi connectivity index (χ1) is 7.78. The second-order valence-corrected chi connectivity index (χ2v) is 6.23. The van der Waals surface area contributed by atoms with Crippen molar-refractivity contribution in [3.05, 3.63) is 24.3 Å². The molecule has 0 aromatic rings. The van der Waals surface area contributed by atoms with Gasteiger partial charge in [-0.3, -0.25) is 9.34 Å². The van der Waals surface area contributed by atoms with E-state index in [1.165, 1.54) is 0 Å². The minimum absolute atomic E-state index is 0.196. The van der Waals surface area contributed by atoms with Crippen LogP contribution in [0.5, 0.6) is 0 Å². The van der Waals surface area contributed by atoms with Crippen LogP contribution in [0.2, 0.25) is 0 Å². The van der Waals surface area contributed by atoms with Crippen molar-refractivity contribution in [3.8, 4) is 0 Å². The lowest BCUT2D eigenvalue weighted by Gasteiger charge is -2.40. The largest absolute Gasteiger partial charge is 0.270 e. The molecule has 0 spiro atoms. The van der Waals surface area contributed by atoms with Gasteiger partial charge in [-0.15, -0.1) is 0 Å². The SMILES string of the molecule is CCN(CC)P(C1C=CC=C1)N(CC)CC. The zero-order valence-corrected chi connectivity index (χ0v) is 12.0. The van der Waals surface area contributed by atoms with Crippen molar-refractivity contribution in [2.75, 3.05) is 26.2 Å². The molecule has 0 aliphatic heterocycles. The summed E-state index contributed by atoms with van der Waals surface area (Å²) in [6, 6.07) is 0. The average Bonchev–Trinajstić information content (AvgIpc) is 2.83. The number of hydrogen-bond donors (Lipinski definition) is 0. The Kier molecular flexibility index (Phi) is 6.26. The summed E-state index contributed by atoms with van der Waals surface area (Å²) in [4.78, 5) is 0. The van der Waals surface area contributed by atoms with Gasteiger partial charge in [-0.25, -0.2) is 0 Å². The fourth-order valence-corrected chi connectivity index (χ4v) is 4.93. The maximum atomic E-state index is 2.62. The van der Waals surface area contributed by atoms with Crippen LogP contribution >= 0.6 is 8.22 Å². The second kappa shape index (κ2) is 7.21. The number of hydrogen-bond acceptors (Lipinski definition) is 2. The normalized spacial score (nSPS) is 16.2. The molecule has 1 aliphatic carbocycles. The molecule has 2 nitrogen and oxygen atoms in total. The molecule has 0 fully saturated rings. The van der Waals surface area contributed by atoms with Gasteiger partial charge in [0, 0.05) is 31.8 Å². The van der Waals surface area contributed by atoms with Crippen LogP contribution in [-0.2, 0) is 0 Å². The molecule has 0 N–H and O–H groups in total. The van der Waals surface area contributed by atoms with Crippen LogP contribution in [0.3, 0.4) is 0 Å². The maximum absolute atomic E-state index is 2.62. The Labute approximate surface area is 102 Å². The average molecular weight is 240 g/mol. The molecule has 1 aliphatic rings. The molecule has 0 atom stereocenters. The number of allylic oxidation sites excluding steroid dienone is 4. The Hall–Kier alpha value is -0.170. The molecule has 0 amide bonds. The van der Waals surface area contributed by atoms with Gasteiger partial charge in [0.2, 0.25) is 0 Å². The van der Waals surface area contributed by atoms with Crippen LogP contribution in [0.4, 0.5) is 0 Å². The summed E-state index contributed by atoms with van der Waals surface area (Å²) < 4.78 is 5.24. The van der Waals surface area contributed by atoms with Crippen molar-refractivity contribution in [2.45, 2.75) is 33.4 Å². The zero-order valence-electron chi connectivity index (χ0n) is 11.1. The lowest BCUT2D eigenvalue weighted by atomic mass is 10.5. The zero-order chi connectivity index (χ0) is 12.0. The Balaban J connectivity index is 2.82. The van der Waals surface area contributed by atoms with E-state index in [4.69, 9.17) is 0 Å². The van der Waals surface area contributed by atoms with Gasteiger partial charge in [0.25, 0.3) is 0 Å². The van der Waals surface area contributed by atoms with E-state index in [9.17, 15) is 0 Å². The minimum atomic E-state index is -0.196. The third kappa shape index (κ3) is 3.16. The van der Waals surface area contributed by atoms with E-state index in [-0.39, 0.29) is 8.22 Å². The third-order valence-corrected chi connectivity index (χ3v) is 6.20. The molecule has 0 saturated carbocycles. The van der Waals surface area contributed by atoms with Crippen LogP contribution in [0.15, 0.2) is 24.3 Å². The van der Waals surface area contributed by atoms with Crippen molar-refractivity contribution in [1.29, 1.82) is 0 Å². The van der Waals surface area contributed by atoms with Gasteiger partial charge < -0.3 is 0 Å². The van der Waals surface area contributed by atoms with Crippen molar-refractivity contribution >= 4 is 8.22 Å². The molecule has 3 heteroatoms. The smallest absolute Gasteiger partial charge is 0.0507 e. The molecule has 0 aromatic heterocycles. The summed E-state index contributed by atoms with van der Waals surface area (Å²) in [7, 11) is -0.196. The molecular formula is C13H25N2P. The summed E-state index contributed by atoms with van der Waals surface area (Å²) in [5.74, 6) is 0. The highest BCUT2D eigenvalue weighted by molar-refractivity contribution is 7.53. The lowest BCUT2D eigenvalue weighted by molar-refractivity contribution is 0.421. The molecule has 0 heterocycles. The van der Waals surface area contributed by atoms with Gasteiger partial charge in [-0.05, 0) is 0 Å². The molecule has 16 heavy (non-hydrogen) atoms. The molecule has 0 radical (unpaired) electrons. The second-order valence-electron chi connectivity index (χ2n) is 3.86.